The van der Waals surface area contributed by atoms with Gasteiger partial charge in [-0.05, 0) is 36.9 Å². The number of nitrogens with one attached hydrogen (secondary N) is 1. The smallest absolute Gasteiger partial charge is 0.123 e. The number of ether oxygens (including phenoxy) is 1. The third-order valence-corrected chi connectivity index (χ3v) is 3.44. The van der Waals surface area contributed by atoms with Crippen LogP contribution in [0.2, 0.25) is 10.0 Å². The largest absolute Gasteiger partial charge is 0.496 e. The molecule has 0 fully saturated rings. The van der Waals surface area contributed by atoms with Crippen molar-refractivity contribution in [2.45, 2.75) is 6.54 Å². The first-order valence-corrected chi connectivity index (χ1v) is 6.68. The molecule has 0 aromatic heterocycles. The van der Waals surface area contributed by atoms with Gasteiger partial charge in [0, 0.05) is 27.7 Å². The predicted octanol–water partition coefficient (Wildman–Crippen LogP) is 4.39. The van der Waals surface area contributed by atoms with Crippen LogP contribution in [0.4, 0.5) is 0 Å². The zero-order valence-corrected chi connectivity index (χ0v) is 12.3. The molecule has 2 aromatic carbocycles. The van der Waals surface area contributed by atoms with Crippen LogP contribution in [-0.4, -0.2) is 14.2 Å². The minimum atomic E-state index is 0.637. The summed E-state index contributed by atoms with van der Waals surface area (Å²) >= 11 is 12.2. The standard InChI is InChI=1S/C15H15Cl2NO/c1-18-9-11-7-10(3-6-15(11)19-2)13-5-4-12(16)8-14(13)17/h3-8,18H,9H2,1-2H3. The maximum atomic E-state index is 6.24. The molecule has 0 aliphatic rings. The van der Waals surface area contributed by atoms with Crippen molar-refractivity contribution in [3.63, 3.8) is 0 Å². The van der Waals surface area contributed by atoms with Gasteiger partial charge in [0.05, 0.1) is 7.11 Å². The van der Waals surface area contributed by atoms with Gasteiger partial charge in [-0.15, -0.1) is 0 Å². The predicted molar refractivity (Wildman–Crippen MR) is 81.2 cm³/mol. The van der Waals surface area contributed by atoms with E-state index in [9.17, 15) is 0 Å². The zero-order chi connectivity index (χ0) is 13.8. The van der Waals surface area contributed by atoms with E-state index in [0.29, 0.717) is 10.0 Å². The van der Waals surface area contributed by atoms with E-state index in [-0.39, 0.29) is 0 Å². The number of rotatable bonds is 4. The van der Waals surface area contributed by atoms with Crippen molar-refractivity contribution < 1.29 is 4.74 Å². The lowest BCUT2D eigenvalue weighted by Gasteiger charge is -2.11. The lowest BCUT2D eigenvalue weighted by molar-refractivity contribution is 0.408. The number of benzene rings is 2. The molecule has 0 amide bonds. The van der Waals surface area contributed by atoms with Crippen LogP contribution in [-0.2, 0) is 6.54 Å². The zero-order valence-electron chi connectivity index (χ0n) is 10.8. The molecule has 100 valence electrons. The third kappa shape index (κ3) is 3.21. The number of halogens is 2. The fourth-order valence-corrected chi connectivity index (χ4v) is 2.52. The van der Waals surface area contributed by atoms with Gasteiger partial charge in [0.25, 0.3) is 0 Å². The Balaban J connectivity index is 2.47. The molecule has 0 bridgehead atoms. The van der Waals surface area contributed by atoms with Crippen molar-refractivity contribution in [2.24, 2.45) is 0 Å². The molecule has 4 heteroatoms. The second-order valence-corrected chi connectivity index (χ2v) is 5.02. The van der Waals surface area contributed by atoms with Gasteiger partial charge in [-0.2, -0.15) is 0 Å². The van der Waals surface area contributed by atoms with Crippen LogP contribution in [0.15, 0.2) is 36.4 Å². The molecule has 0 atom stereocenters. The van der Waals surface area contributed by atoms with E-state index in [4.69, 9.17) is 27.9 Å². The third-order valence-electron chi connectivity index (χ3n) is 2.89. The number of hydrogen-bond acceptors (Lipinski definition) is 2. The Bertz CT molecular complexity index is 584. The van der Waals surface area contributed by atoms with Gasteiger partial charge in [-0.1, -0.05) is 35.3 Å². The van der Waals surface area contributed by atoms with Gasteiger partial charge in [0.15, 0.2) is 0 Å². The molecular formula is C15H15Cl2NO. The molecule has 2 rings (SSSR count). The molecule has 19 heavy (non-hydrogen) atoms. The van der Waals surface area contributed by atoms with Crippen LogP contribution < -0.4 is 10.1 Å². The fourth-order valence-electron chi connectivity index (χ4n) is 2.00. The Morgan fingerprint density at radius 2 is 1.89 bits per heavy atom. The minimum Gasteiger partial charge on any atom is -0.496 e. The van der Waals surface area contributed by atoms with Crippen molar-refractivity contribution in [3.8, 4) is 16.9 Å². The molecule has 0 saturated heterocycles. The molecule has 2 aromatic rings. The van der Waals surface area contributed by atoms with E-state index in [1.807, 2.05) is 31.3 Å². The van der Waals surface area contributed by atoms with Crippen molar-refractivity contribution in [3.05, 3.63) is 52.0 Å². The summed E-state index contributed by atoms with van der Waals surface area (Å²) in [5.74, 6) is 0.864. The lowest BCUT2D eigenvalue weighted by Crippen LogP contribution is -2.06. The van der Waals surface area contributed by atoms with Crippen molar-refractivity contribution >= 4 is 23.2 Å². The monoisotopic (exact) mass is 295 g/mol. The number of methoxy groups -OCH3 is 1. The second kappa shape index (κ2) is 6.29. The summed E-state index contributed by atoms with van der Waals surface area (Å²) < 4.78 is 5.34. The summed E-state index contributed by atoms with van der Waals surface area (Å²) in [5.41, 5.74) is 3.10. The van der Waals surface area contributed by atoms with Crippen LogP contribution in [0, 0.1) is 0 Å². The molecule has 0 aliphatic carbocycles. The summed E-state index contributed by atoms with van der Waals surface area (Å²) in [6.45, 7) is 0.738. The van der Waals surface area contributed by atoms with E-state index < -0.39 is 0 Å². The fraction of sp³-hybridized carbons (Fsp3) is 0.200. The van der Waals surface area contributed by atoms with Crippen molar-refractivity contribution in [1.82, 2.24) is 5.32 Å². The van der Waals surface area contributed by atoms with Crippen LogP contribution in [0.1, 0.15) is 5.56 Å². The van der Waals surface area contributed by atoms with E-state index in [2.05, 4.69) is 11.4 Å². The highest BCUT2D eigenvalue weighted by molar-refractivity contribution is 6.36. The first kappa shape index (κ1) is 14.2. The summed E-state index contributed by atoms with van der Waals surface area (Å²) in [7, 11) is 3.57. The van der Waals surface area contributed by atoms with Gasteiger partial charge in [0.1, 0.15) is 5.75 Å². The average molecular weight is 296 g/mol. The Hall–Kier alpha value is -1.22. The highest BCUT2D eigenvalue weighted by Crippen LogP contribution is 2.33. The van der Waals surface area contributed by atoms with Gasteiger partial charge in [-0.3, -0.25) is 0 Å². The van der Waals surface area contributed by atoms with Crippen LogP contribution in [0.5, 0.6) is 5.75 Å². The quantitative estimate of drug-likeness (QED) is 0.903. The molecule has 1 N–H and O–H groups in total. The van der Waals surface area contributed by atoms with Crippen LogP contribution in [0.3, 0.4) is 0 Å². The highest BCUT2D eigenvalue weighted by atomic mass is 35.5. The van der Waals surface area contributed by atoms with E-state index >= 15 is 0 Å². The molecule has 0 saturated carbocycles. The minimum absolute atomic E-state index is 0.637. The van der Waals surface area contributed by atoms with Gasteiger partial charge in [0.2, 0.25) is 0 Å². The second-order valence-electron chi connectivity index (χ2n) is 4.18. The van der Waals surface area contributed by atoms with E-state index in [1.54, 1.807) is 13.2 Å². The topological polar surface area (TPSA) is 21.3 Å². The van der Waals surface area contributed by atoms with E-state index in [0.717, 1.165) is 29.0 Å². The average Bonchev–Trinajstić information content (AvgIpc) is 2.39. The number of hydrogen-bond donors (Lipinski definition) is 1. The van der Waals surface area contributed by atoms with Crippen molar-refractivity contribution in [1.29, 1.82) is 0 Å². The highest BCUT2D eigenvalue weighted by Gasteiger charge is 2.08. The van der Waals surface area contributed by atoms with Crippen LogP contribution >= 0.6 is 23.2 Å². The summed E-state index contributed by atoms with van der Waals surface area (Å²) in [6.07, 6.45) is 0. The maximum absolute atomic E-state index is 6.24. The van der Waals surface area contributed by atoms with Crippen molar-refractivity contribution in [2.75, 3.05) is 14.2 Å². The Morgan fingerprint density at radius 1 is 1.11 bits per heavy atom. The van der Waals surface area contributed by atoms with Crippen LogP contribution in [0.25, 0.3) is 11.1 Å². The Morgan fingerprint density at radius 3 is 2.53 bits per heavy atom. The molecule has 0 aliphatic heterocycles. The Labute approximate surface area is 123 Å². The Kier molecular flexibility index (Phi) is 4.70. The summed E-state index contributed by atoms with van der Waals surface area (Å²) in [5, 5.41) is 4.41. The first-order chi connectivity index (χ1) is 9.15. The maximum Gasteiger partial charge on any atom is 0.123 e. The molecule has 0 radical (unpaired) electrons. The van der Waals surface area contributed by atoms with Gasteiger partial charge < -0.3 is 10.1 Å². The molecule has 2 nitrogen and oxygen atoms in total. The van der Waals surface area contributed by atoms with E-state index in [1.165, 1.54) is 0 Å². The molecule has 0 spiro atoms. The van der Waals surface area contributed by atoms with Gasteiger partial charge in [-0.25, -0.2) is 0 Å². The molecular weight excluding hydrogens is 281 g/mol. The summed E-state index contributed by atoms with van der Waals surface area (Å²) in [4.78, 5) is 0. The molecule has 0 unspecified atom stereocenters. The summed E-state index contributed by atoms with van der Waals surface area (Å²) in [6, 6.07) is 11.5. The SMILES string of the molecule is CNCc1cc(-c2ccc(Cl)cc2Cl)ccc1OC. The van der Waals surface area contributed by atoms with Gasteiger partial charge >= 0.3 is 0 Å². The normalized spacial score (nSPS) is 10.5. The lowest BCUT2D eigenvalue weighted by atomic mass is 10.0. The first-order valence-electron chi connectivity index (χ1n) is 5.92. The molecule has 0 heterocycles.